The van der Waals surface area contributed by atoms with Crippen molar-refractivity contribution in [3.8, 4) is 0 Å². The topological polar surface area (TPSA) is 65.2 Å². The van der Waals surface area contributed by atoms with Crippen molar-refractivity contribution in [2.24, 2.45) is 0 Å². The molecule has 0 unspecified atom stereocenters. The van der Waals surface area contributed by atoms with E-state index in [1.807, 2.05) is 13.0 Å². The van der Waals surface area contributed by atoms with Gasteiger partial charge in [-0.2, -0.15) is 4.39 Å². The molecule has 2 N–H and O–H groups in total. The SMILES string of the molecule is Cc1ccc(F)c2c(=O)[nH]c(CCC(=O)N3CC=C(C4=CC=C(F)NC4)CC3)cc12. The lowest BCUT2D eigenvalue weighted by Crippen LogP contribution is -2.35. The minimum absolute atomic E-state index is 0.00361. The number of H-pyrrole nitrogens is 1. The zero-order valence-electron chi connectivity index (χ0n) is 16.7. The van der Waals surface area contributed by atoms with Crippen LogP contribution in [0.1, 0.15) is 24.1 Å². The molecular formula is C23H23F2N3O2. The predicted octanol–water partition coefficient (Wildman–Crippen LogP) is 3.41. The van der Waals surface area contributed by atoms with Crippen molar-refractivity contribution in [2.75, 3.05) is 19.6 Å². The lowest BCUT2D eigenvalue weighted by molar-refractivity contribution is -0.130. The second kappa shape index (κ2) is 8.26. The van der Waals surface area contributed by atoms with Crippen LogP contribution in [0.5, 0.6) is 0 Å². The summed E-state index contributed by atoms with van der Waals surface area (Å²) in [5.74, 6) is -0.877. The van der Waals surface area contributed by atoms with Gasteiger partial charge in [0.15, 0.2) is 5.95 Å². The van der Waals surface area contributed by atoms with E-state index in [1.54, 1.807) is 23.1 Å². The Balaban J connectivity index is 1.41. The van der Waals surface area contributed by atoms with E-state index in [1.165, 1.54) is 12.1 Å². The quantitative estimate of drug-likeness (QED) is 0.758. The van der Waals surface area contributed by atoms with Crippen molar-refractivity contribution in [2.45, 2.75) is 26.2 Å². The summed E-state index contributed by atoms with van der Waals surface area (Å²) in [6.07, 6.45) is 6.56. The maximum atomic E-state index is 14.0. The molecule has 0 saturated heterocycles. The number of aromatic amines is 1. The molecule has 1 amide bonds. The maximum absolute atomic E-state index is 14.0. The minimum atomic E-state index is -0.545. The molecule has 0 spiro atoms. The van der Waals surface area contributed by atoms with Crippen LogP contribution >= 0.6 is 0 Å². The Morgan fingerprint density at radius 3 is 2.73 bits per heavy atom. The number of halogens is 2. The van der Waals surface area contributed by atoms with Crippen molar-refractivity contribution in [1.82, 2.24) is 15.2 Å². The largest absolute Gasteiger partial charge is 0.358 e. The fourth-order valence-corrected chi connectivity index (χ4v) is 3.95. The van der Waals surface area contributed by atoms with E-state index in [0.717, 1.165) is 23.1 Å². The lowest BCUT2D eigenvalue weighted by atomic mass is 9.97. The number of dihydropyridines is 1. The highest BCUT2D eigenvalue weighted by atomic mass is 19.1. The number of aryl methyl sites for hydroxylation is 2. The van der Waals surface area contributed by atoms with Crippen LogP contribution in [0.25, 0.3) is 10.8 Å². The lowest BCUT2D eigenvalue weighted by Gasteiger charge is -2.28. The monoisotopic (exact) mass is 411 g/mol. The number of benzene rings is 1. The van der Waals surface area contributed by atoms with E-state index in [2.05, 4.69) is 10.3 Å². The fraction of sp³-hybridized carbons (Fsp3) is 0.304. The van der Waals surface area contributed by atoms with Crippen molar-refractivity contribution >= 4 is 16.7 Å². The van der Waals surface area contributed by atoms with Crippen LogP contribution in [-0.4, -0.2) is 35.4 Å². The second-order valence-corrected chi connectivity index (χ2v) is 7.66. The number of rotatable bonds is 4. The molecule has 0 atom stereocenters. The van der Waals surface area contributed by atoms with Crippen LogP contribution in [0.4, 0.5) is 8.78 Å². The molecule has 0 saturated carbocycles. The summed E-state index contributed by atoms with van der Waals surface area (Å²) in [5, 5.41) is 3.31. The van der Waals surface area contributed by atoms with E-state index in [0.29, 0.717) is 37.1 Å². The van der Waals surface area contributed by atoms with Gasteiger partial charge in [0.05, 0.1) is 5.39 Å². The van der Waals surface area contributed by atoms with Gasteiger partial charge in [-0.1, -0.05) is 18.2 Å². The molecule has 0 radical (unpaired) electrons. The highest BCUT2D eigenvalue weighted by Crippen LogP contribution is 2.22. The first-order valence-corrected chi connectivity index (χ1v) is 10.0. The molecule has 2 aliphatic heterocycles. The first-order chi connectivity index (χ1) is 14.4. The molecular weight excluding hydrogens is 388 g/mol. The molecule has 2 aromatic rings. The first kappa shape index (κ1) is 20.1. The smallest absolute Gasteiger partial charge is 0.259 e. The standard InChI is InChI=1S/C23H23F2N3O2/c1-14-2-5-19(24)22-18(14)12-17(27-23(22)30)4-7-21(29)28-10-8-15(9-11-28)16-3-6-20(25)26-13-16/h2-3,5-6,8,12,26H,4,7,9-11,13H2,1H3,(H,27,30). The Hall–Kier alpha value is -3.22. The van der Waals surface area contributed by atoms with Crippen LogP contribution in [-0.2, 0) is 11.2 Å². The van der Waals surface area contributed by atoms with Gasteiger partial charge in [0, 0.05) is 31.7 Å². The van der Waals surface area contributed by atoms with Crippen molar-refractivity contribution in [3.63, 3.8) is 0 Å². The number of aromatic nitrogens is 1. The summed E-state index contributed by atoms with van der Waals surface area (Å²) < 4.78 is 27.0. The molecule has 2 aliphatic rings. The Kier molecular flexibility index (Phi) is 5.53. The van der Waals surface area contributed by atoms with Gasteiger partial charge in [-0.3, -0.25) is 9.59 Å². The molecule has 1 aromatic carbocycles. The van der Waals surface area contributed by atoms with Crippen molar-refractivity contribution in [3.05, 3.63) is 81.0 Å². The molecule has 1 aromatic heterocycles. The number of allylic oxidation sites excluding steroid dienone is 2. The van der Waals surface area contributed by atoms with Gasteiger partial charge in [-0.25, -0.2) is 4.39 Å². The average molecular weight is 411 g/mol. The van der Waals surface area contributed by atoms with E-state index in [9.17, 15) is 18.4 Å². The van der Waals surface area contributed by atoms with Gasteiger partial charge >= 0.3 is 0 Å². The van der Waals surface area contributed by atoms with E-state index < -0.39 is 11.4 Å². The number of hydrogen-bond acceptors (Lipinski definition) is 3. The van der Waals surface area contributed by atoms with Crippen LogP contribution in [0, 0.1) is 12.7 Å². The molecule has 0 aliphatic carbocycles. The van der Waals surface area contributed by atoms with Crippen LogP contribution < -0.4 is 10.9 Å². The number of nitrogens with zero attached hydrogens (tertiary/aromatic N) is 1. The summed E-state index contributed by atoms with van der Waals surface area (Å²) in [6, 6.07) is 4.69. The van der Waals surface area contributed by atoms with E-state index in [4.69, 9.17) is 0 Å². The third kappa shape index (κ3) is 4.06. The molecule has 5 nitrogen and oxygen atoms in total. The van der Waals surface area contributed by atoms with Gasteiger partial charge in [-0.05, 0) is 60.1 Å². The number of pyridine rings is 1. The minimum Gasteiger partial charge on any atom is -0.358 e. The Labute approximate surface area is 172 Å². The number of carbonyl (C=O) groups is 1. The normalized spacial score (nSPS) is 16.6. The van der Waals surface area contributed by atoms with Crippen LogP contribution in [0.15, 0.2) is 58.3 Å². The third-order valence-corrected chi connectivity index (χ3v) is 5.69. The number of carbonyl (C=O) groups excluding carboxylic acids is 1. The van der Waals surface area contributed by atoms with E-state index >= 15 is 0 Å². The molecule has 30 heavy (non-hydrogen) atoms. The summed E-state index contributed by atoms with van der Waals surface area (Å²) in [7, 11) is 0. The van der Waals surface area contributed by atoms with E-state index in [-0.39, 0.29) is 23.7 Å². The van der Waals surface area contributed by atoms with Gasteiger partial charge < -0.3 is 15.2 Å². The number of fused-ring (bicyclic) bond motifs is 1. The summed E-state index contributed by atoms with van der Waals surface area (Å²) >= 11 is 0. The number of nitrogens with one attached hydrogen (secondary N) is 2. The zero-order chi connectivity index (χ0) is 21.3. The number of hydrogen-bond donors (Lipinski definition) is 2. The highest BCUT2D eigenvalue weighted by Gasteiger charge is 2.20. The highest BCUT2D eigenvalue weighted by molar-refractivity contribution is 5.85. The number of amides is 1. The third-order valence-electron chi connectivity index (χ3n) is 5.69. The zero-order valence-corrected chi connectivity index (χ0v) is 16.7. The molecule has 0 fully saturated rings. The van der Waals surface area contributed by atoms with Gasteiger partial charge in [0.1, 0.15) is 5.82 Å². The van der Waals surface area contributed by atoms with Crippen molar-refractivity contribution in [1.29, 1.82) is 0 Å². The van der Waals surface area contributed by atoms with Gasteiger partial charge in [0.25, 0.3) is 5.56 Å². The Bertz CT molecular complexity index is 1160. The molecule has 156 valence electrons. The average Bonchev–Trinajstić information content (AvgIpc) is 2.75. The van der Waals surface area contributed by atoms with Crippen LogP contribution in [0.2, 0.25) is 0 Å². The summed E-state index contributed by atoms with van der Waals surface area (Å²) in [6.45, 7) is 3.40. The molecule has 4 rings (SSSR count). The molecule has 7 heteroatoms. The summed E-state index contributed by atoms with van der Waals surface area (Å²) in [4.78, 5) is 29.4. The fourth-order valence-electron chi connectivity index (χ4n) is 3.95. The Morgan fingerprint density at radius 1 is 1.20 bits per heavy atom. The molecule has 3 heterocycles. The van der Waals surface area contributed by atoms with Gasteiger partial charge in [0.2, 0.25) is 5.91 Å². The first-order valence-electron chi connectivity index (χ1n) is 10.0. The molecule has 0 bridgehead atoms. The second-order valence-electron chi connectivity index (χ2n) is 7.66. The van der Waals surface area contributed by atoms with Crippen molar-refractivity contribution < 1.29 is 13.6 Å². The Morgan fingerprint density at radius 2 is 2.03 bits per heavy atom. The maximum Gasteiger partial charge on any atom is 0.259 e. The predicted molar refractivity (Wildman–Crippen MR) is 112 cm³/mol. The summed E-state index contributed by atoms with van der Waals surface area (Å²) in [5.41, 5.74) is 3.14. The van der Waals surface area contributed by atoms with Gasteiger partial charge in [-0.15, -0.1) is 0 Å². The van der Waals surface area contributed by atoms with Crippen LogP contribution in [0.3, 0.4) is 0 Å².